The zero-order valence-corrected chi connectivity index (χ0v) is 18.9. The lowest BCUT2D eigenvalue weighted by molar-refractivity contribution is -0.184. The van der Waals surface area contributed by atoms with Crippen LogP contribution in [0.4, 0.5) is 0 Å². The van der Waals surface area contributed by atoms with Crippen molar-refractivity contribution in [3.63, 3.8) is 0 Å². The molecule has 6 atom stereocenters. The maximum absolute atomic E-state index is 13.3. The molecule has 5 heteroatoms. The van der Waals surface area contributed by atoms with Crippen LogP contribution >= 0.6 is 0 Å². The van der Waals surface area contributed by atoms with Crippen molar-refractivity contribution in [1.82, 2.24) is 9.96 Å². The summed E-state index contributed by atoms with van der Waals surface area (Å²) in [5.74, 6) is 2.44. The molecular weight excluding hydrogens is 364 g/mol. The standard InChI is InChI=1S/C24H38N2O3/c1-6-25(7-2)22(28)19-10-9-17-16-8-11-20-24(4,15-13-21(27)26(20)29-5)18(16)12-14-23(17,19)3/h11,16-19H,6-10,12-15H2,1-5H3/t16-,17-,18-,19+,23-,24+/m0/s1. The van der Waals surface area contributed by atoms with Gasteiger partial charge < -0.3 is 4.90 Å². The second-order valence-corrected chi connectivity index (χ2v) is 10.2. The molecule has 0 radical (unpaired) electrons. The number of hydrogen-bond donors (Lipinski definition) is 0. The first-order valence-corrected chi connectivity index (χ1v) is 11.7. The Morgan fingerprint density at radius 3 is 2.55 bits per heavy atom. The van der Waals surface area contributed by atoms with E-state index in [4.69, 9.17) is 4.84 Å². The highest BCUT2D eigenvalue weighted by atomic mass is 16.7. The third-order valence-electron chi connectivity index (χ3n) is 9.28. The molecular formula is C24H38N2O3. The molecule has 4 aliphatic rings. The minimum absolute atomic E-state index is 0.00906. The number of nitrogens with zero attached hydrogens (tertiary/aromatic N) is 2. The van der Waals surface area contributed by atoms with Gasteiger partial charge in [0, 0.05) is 30.8 Å². The van der Waals surface area contributed by atoms with E-state index in [-0.39, 0.29) is 22.7 Å². The maximum Gasteiger partial charge on any atom is 0.250 e. The van der Waals surface area contributed by atoms with Crippen LogP contribution in [0.1, 0.15) is 72.6 Å². The molecule has 2 saturated carbocycles. The van der Waals surface area contributed by atoms with Gasteiger partial charge >= 0.3 is 0 Å². The molecule has 162 valence electrons. The molecule has 29 heavy (non-hydrogen) atoms. The van der Waals surface area contributed by atoms with Gasteiger partial charge in [-0.1, -0.05) is 19.9 Å². The van der Waals surface area contributed by atoms with Crippen LogP contribution in [-0.2, 0) is 14.4 Å². The first-order chi connectivity index (χ1) is 13.8. The van der Waals surface area contributed by atoms with Crippen LogP contribution < -0.4 is 0 Å². The smallest absolute Gasteiger partial charge is 0.250 e. The third kappa shape index (κ3) is 2.90. The fourth-order valence-corrected chi connectivity index (χ4v) is 7.67. The highest BCUT2D eigenvalue weighted by Gasteiger charge is 2.61. The van der Waals surface area contributed by atoms with Gasteiger partial charge in [0.05, 0.1) is 12.8 Å². The quantitative estimate of drug-likeness (QED) is 0.701. The lowest BCUT2D eigenvalue weighted by Gasteiger charge is -2.58. The van der Waals surface area contributed by atoms with Gasteiger partial charge in [-0.25, -0.2) is 0 Å². The summed E-state index contributed by atoms with van der Waals surface area (Å²) in [5.41, 5.74) is 1.22. The van der Waals surface area contributed by atoms with Gasteiger partial charge in [-0.15, -0.1) is 0 Å². The SMILES string of the molecule is CCN(CC)C(=O)[C@H]1CC[C@H]2[C@@H]3CC=C4N(OC)C(=O)CC[C@]4(C)[C@H]3CC[C@]12C. The summed E-state index contributed by atoms with van der Waals surface area (Å²) >= 11 is 0. The molecule has 0 N–H and O–H groups in total. The average Bonchev–Trinajstić information content (AvgIpc) is 3.06. The number of rotatable bonds is 4. The monoisotopic (exact) mass is 402 g/mol. The second kappa shape index (κ2) is 7.40. The summed E-state index contributed by atoms with van der Waals surface area (Å²) in [7, 11) is 1.61. The summed E-state index contributed by atoms with van der Waals surface area (Å²) in [4.78, 5) is 33.2. The maximum atomic E-state index is 13.3. The van der Waals surface area contributed by atoms with Gasteiger partial charge in [0.2, 0.25) is 5.91 Å². The third-order valence-corrected chi connectivity index (χ3v) is 9.28. The fourth-order valence-electron chi connectivity index (χ4n) is 7.67. The van der Waals surface area contributed by atoms with Crippen LogP contribution in [-0.4, -0.2) is 42.0 Å². The van der Waals surface area contributed by atoms with Crippen molar-refractivity contribution in [2.24, 2.45) is 34.5 Å². The zero-order valence-electron chi connectivity index (χ0n) is 18.9. The van der Waals surface area contributed by atoms with E-state index in [0.29, 0.717) is 30.1 Å². The predicted octanol–water partition coefficient (Wildman–Crippen LogP) is 4.39. The van der Waals surface area contributed by atoms with Crippen molar-refractivity contribution >= 4 is 11.8 Å². The summed E-state index contributed by atoms with van der Waals surface area (Å²) in [5, 5.41) is 1.56. The number of fused-ring (bicyclic) bond motifs is 5. The Morgan fingerprint density at radius 2 is 1.90 bits per heavy atom. The van der Waals surface area contributed by atoms with E-state index in [1.807, 2.05) is 4.90 Å². The van der Waals surface area contributed by atoms with Gasteiger partial charge in [0.25, 0.3) is 5.91 Å². The van der Waals surface area contributed by atoms with Crippen LogP contribution in [0.2, 0.25) is 0 Å². The Bertz CT molecular complexity index is 715. The van der Waals surface area contributed by atoms with E-state index in [1.54, 1.807) is 12.2 Å². The molecule has 4 rings (SSSR count). The molecule has 0 bridgehead atoms. The molecule has 1 heterocycles. The highest BCUT2D eigenvalue weighted by molar-refractivity contribution is 5.80. The van der Waals surface area contributed by atoms with Gasteiger partial charge in [-0.05, 0) is 75.5 Å². The van der Waals surface area contributed by atoms with Crippen LogP contribution in [0.25, 0.3) is 0 Å². The largest absolute Gasteiger partial charge is 0.343 e. The molecule has 1 aliphatic heterocycles. The minimum Gasteiger partial charge on any atom is -0.343 e. The number of allylic oxidation sites excluding steroid dienone is 2. The van der Waals surface area contributed by atoms with E-state index in [2.05, 4.69) is 33.8 Å². The number of carbonyl (C=O) groups is 2. The lowest BCUT2D eigenvalue weighted by Crippen LogP contribution is -2.55. The van der Waals surface area contributed by atoms with Crippen LogP contribution in [0.3, 0.4) is 0 Å². The molecule has 3 aliphatic carbocycles. The van der Waals surface area contributed by atoms with E-state index in [0.717, 1.165) is 50.9 Å². The summed E-state index contributed by atoms with van der Waals surface area (Å²) < 4.78 is 0. The Morgan fingerprint density at radius 1 is 1.17 bits per heavy atom. The van der Waals surface area contributed by atoms with Crippen molar-refractivity contribution in [1.29, 1.82) is 0 Å². The Labute approximate surface area is 175 Å². The minimum atomic E-state index is 0.00906. The Kier molecular flexibility index (Phi) is 5.33. The van der Waals surface area contributed by atoms with Gasteiger partial charge in [0.1, 0.15) is 0 Å². The van der Waals surface area contributed by atoms with Crippen molar-refractivity contribution in [3.8, 4) is 0 Å². The Hall–Kier alpha value is -1.36. The number of carbonyl (C=O) groups excluding carboxylic acids is 2. The number of amides is 2. The lowest BCUT2D eigenvalue weighted by atomic mass is 9.49. The van der Waals surface area contributed by atoms with Crippen LogP contribution in [0, 0.1) is 34.5 Å². The molecule has 3 fully saturated rings. The van der Waals surface area contributed by atoms with Crippen LogP contribution in [0.15, 0.2) is 11.8 Å². The fraction of sp³-hybridized carbons (Fsp3) is 0.833. The predicted molar refractivity (Wildman–Crippen MR) is 112 cm³/mol. The molecule has 0 aromatic carbocycles. The van der Waals surface area contributed by atoms with E-state index in [9.17, 15) is 9.59 Å². The topological polar surface area (TPSA) is 49.9 Å². The van der Waals surface area contributed by atoms with E-state index in [1.165, 1.54) is 6.42 Å². The molecule has 0 aromatic rings. The van der Waals surface area contributed by atoms with Crippen LogP contribution in [0.5, 0.6) is 0 Å². The number of piperidine rings is 1. The molecule has 5 nitrogen and oxygen atoms in total. The first kappa shape index (κ1) is 20.9. The first-order valence-electron chi connectivity index (χ1n) is 11.7. The average molecular weight is 403 g/mol. The molecule has 0 unspecified atom stereocenters. The summed E-state index contributed by atoms with van der Waals surface area (Å²) in [6.07, 6.45) is 9.26. The van der Waals surface area contributed by atoms with Crippen molar-refractivity contribution < 1.29 is 14.4 Å². The van der Waals surface area contributed by atoms with Crippen molar-refractivity contribution in [2.75, 3.05) is 20.2 Å². The van der Waals surface area contributed by atoms with Gasteiger partial charge in [-0.2, -0.15) is 5.06 Å². The van der Waals surface area contributed by atoms with Gasteiger partial charge in [0.15, 0.2) is 0 Å². The summed E-state index contributed by atoms with van der Waals surface area (Å²) in [6, 6.07) is 0. The normalized spacial score (nSPS) is 41.3. The van der Waals surface area contributed by atoms with E-state index >= 15 is 0 Å². The molecule has 2 amide bonds. The number of hydroxylamine groups is 2. The summed E-state index contributed by atoms with van der Waals surface area (Å²) in [6.45, 7) is 10.6. The molecule has 1 saturated heterocycles. The highest BCUT2D eigenvalue weighted by Crippen LogP contribution is 2.66. The zero-order chi connectivity index (χ0) is 21.0. The molecule has 0 spiro atoms. The molecule has 0 aromatic heterocycles. The van der Waals surface area contributed by atoms with E-state index < -0.39 is 0 Å². The van der Waals surface area contributed by atoms with Gasteiger partial charge in [-0.3, -0.25) is 14.4 Å². The van der Waals surface area contributed by atoms with Crippen molar-refractivity contribution in [2.45, 2.75) is 72.6 Å². The van der Waals surface area contributed by atoms with Crippen molar-refractivity contribution in [3.05, 3.63) is 11.8 Å². The second-order valence-electron chi connectivity index (χ2n) is 10.2. The Balaban J connectivity index is 1.63. The number of hydrogen-bond acceptors (Lipinski definition) is 3.